The zero-order chi connectivity index (χ0) is 77.4. The largest absolute Gasteiger partial charge is 0.493 e. The number of aryl methyl sites for hydroxylation is 2. The van der Waals surface area contributed by atoms with E-state index in [-0.39, 0.29) is 0 Å². The topological polar surface area (TPSA) is 152 Å². The van der Waals surface area contributed by atoms with Gasteiger partial charge >= 0.3 is 0 Å². The molecule has 10 aromatic carbocycles. The lowest BCUT2D eigenvalue weighted by atomic mass is 9.92. The van der Waals surface area contributed by atoms with Crippen LogP contribution in [-0.2, 0) is 0 Å². The second-order valence-corrected chi connectivity index (χ2v) is 29.6. The molecule has 0 atom stereocenters. The highest BCUT2D eigenvalue weighted by Crippen LogP contribution is 2.47. The Balaban J connectivity index is 0.541. The van der Waals surface area contributed by atoms with Crippen LogP contribution < -0.4 is 18.9 Å². The molecular formula is C104H78N8O4. The summed E-state index contributed by atoms with van der Waals surface area (Å²) in [6.07, 6.45) is 18.2. The van der Waals surface area contributed by atoms with Crippen LogP contribution in [0.5, 0.6) is 23.0 Å². The molecule has 12 nitrogen and oxygen atoms in total. The molecule has 558 valence electrons. The van der Waals surface area contributed by atoms with Crippen molar-refractivity contribution in [2.24, 2.45) is 0 Å². The zero-order valence-corrected chi connectivity index (χ0v) is 64.0. The number of hydrogen-bond donors (Lipinski definition) is 4. The number of aromatic nitrogens is 8. The van der Waals surface area contributed by atoms with Gasteiger partial charge in [-0.3, -0.25) is 0 Å². The van der Waals surface area contributed by atoms with E-state index in [4.69, 9.17) is 38.9 Å². The lowest BCUT2D eigenvalue weighted by Crippen LogP contribution is -2.07. The second-order valence-electron chi connectivity index (χ2n) is 29.6. The summed E-state index contributed by atoms with van der Waals surface area (Å²) in [7, 11) is 0. The molecule has 0 radical (unpaired) electrons. The van der Waals surface area contributed by atoms with Crippen molar-refractivity contribution in [2.45, 2.75) is 26.7 Å². The van der Waals surface area contributed by atoms with E-state index in [0.717, 1.165) is 212 Å². The number of aromatic amines is 4. The Hall–Kier alpha value is -14.9. The fourth-order valence-corrected chi connectivity index (χ4v) is 16.3. The van der Waals surface area contributed by atoms with Gasteiger partial charge in [0.15, 0.2) is 0 Å². The monoisotopic (exact) mass is 1500 g/mol. The van der Waals surface area contributed by atoms with E-state index in [0.29, 0.717) is 39.3 Å². The molecule has 0 saturated carbocycles. The van der Waals surface area contributed by atoms with Crippen molar-refractivity contribution in [1.29, 1.82) is 0 Å². The zero-order valence-electron chi connectivity index (χ0n) is 64.0. The third-order valence-electron chi connectivity index (χ3n) is 21.9. The van der Waals surface area contributed by atoms with Crippen LogP contribution in [0.4, 0.5) is 0 Å². The minimum atomic E-state index is 0.418. The third kappa shape index (κ3) is 14.0. The van der Waals surface area contributed by atoms with Crippen LogP contribution in [-0.4, -0.2) is 66.3 Å². The number of nitrogens with one attached hydrogen (secondary N) is 4. The first kappa shape index (κ1) is 70.3. The van der Waals surface area contributed by atoms with Gasteiger partial charge in [0.1, 0.15) is 23.0 Å². The quantitative estimate of drug-likeness (QED) is 0.0584. The smallest absolute Gasteiger partial charge is 0.127 e. The van der Waals surface area contributed by atoms with Gasteiger partial charge in [0, 0.05) is 101 Å². The summed E-state index contributed by atoms with van der Waals surface area (Å²) in [5.41, 5.74) is 31.1. The molecule has 0 spiro atoms. The van der Waals surface area contributed by atoms with Gasteiger partial charge in [-0.15, -0.1) is 0 Å². The first-order valence-corrected chi connectivity index (χ1v) is 39.5. The Labute approximate surface area is 670 Å². The molecule has 4 aliphatic rings. The van der Waals surface area contributed by atoms with E-state index >= 15 is 0 Å². The van der Waals surface area contributed by atoms with Crippen molar-refractivity contribution in [3.05, 3.63) is 348 Å². The van der Waals surface area contributed by atoms with Crippen molar-refractivity contribution in [1.82, 2.24) is 39.9 Å². The highest BCUT2D eigenvalue weighted by Gasteiger charge is 2.23. The lowest BCUT2D eigenvalue weighted by molar-refractivity contribution is 0.246. The Bertz CT molecular complexity index is 6590. The predicted molar refractivity (Wildman–Crippen MR) is 478 cm³/mol. The molecule has 0 amide bonds. The van der Waals surface area contributed by atoms with Crippen molar-refractivity contribution in [3.63, 3.8) is 0 Å². The molecule has 6 aromatic heterocycles. The molecule has 116 heavy (non-hydrogen) atoms. The number of nitrogens with zero attached hydrogens (tertiary/aromatic N) is 4. The number of hydrogen-bond acceptors (Lipinski definition) is 8. The van der Waals surface area contributed by atoms with Crippen LogP contribution >= 0.6 is 0 Å². The molecule has 4 aliphatic heterocycles. The Morgan fingerprint density at radius 1 is 0.241 bits per heavy atom. The van der Waals surface area contributed by atoms with E-state index in [1.54, 1.807) is 0 Å². The molecule has 0 unspecified atom stereocenters. The highest BCUT2D eigenvalue weighted by atomic mass is 16.5. The average molecular weight is 1500 g/mol. The van der Waals surface area contributed by atoms with E-state index in [1.807, 2.05) is 36.4 Å². The van der Waals surface area contributed by atoms with Gasteiger partial charge in [-0.25, -0.2) is 19.9 Å². The number of H-pyrrole nitrogens is 4. The normalized spacial score (nSPS) is 12.1. The van der Waals surface area contributed by atoms with Gasteiger partial charge in [0.05, 0.1) is 72.0 Å². The first-order chi connectivity index (χ1) is 57.2. The average Bonchev–Trinajstić information content (AvgIpc) is 1.12. The number of rotatable bonds is 19. The third-order valence-corrected chi connectivity index (χ3v) is 21.9. The van der Waals surface area contributed by atoms with Crippen molar-refractivity contribution in [3.8, 4) is 101 Å². The molecular weight excluding hydrogens is 1430 g/mol. The lowest BCUT2D eigenvalue weighted by Gasteiger charge is -2.20. The van der Waals surface area contributed by atoms with Crippen molar-refractivity contribution in [2.75, 3.05) is 26.4 Å². The summed E-state index contributed by atoms with van der Waals surface area (Å²) in [6.45, 7) is 5.94. The Morgan fingerprint density at radius 3 is 0.922 bits per heavy atom. The Kier molecular flexibility index (Phi) is 18.6. The van der Waals surface area contributed by atoms with Gasteiger partial charge in [-0.2, -0.15) is 0 Å². The molecule has 16 bridgehead atoms. The van der Waals surface area contributed by atoms with Gasteiger partial charge in [-0.1, -0.05) is 205 Å². The number of ether oxygens (including phenoxy) is 4. The van der Waals surface area contributed by atoms with E-state index < -0.39 is 0 Å². The van der Waals surface area contributed by atoms with Crippen LogP contribution in [0.2, 0.25) is 0 Å². The Morgan fingerprint density at radius 2 is 0.543 bits per heavy atom. The molecule has 0 aliphatic carbocycles. The van der Waals surface area contributed by atoms with Crippen LogP contribution in [0.3, 0.4) is 0 Å². The van der Waals surface area contributed by atoms with Crippen molar-refractivity contribution >= 4 is 114 Å². The molecule has 10 heterocycles. The first-order valence-electron chi connectivity index (χ1n) is 39.5. The molecule has 0 saturated heterocycles. The highest BCUT2D eigenvalue weighted by molar-refractivity contribution is 6.10. The summed E-state index contributed by atoms with van der Waals surface area (Å²) < 4.78 is 26.8. The van der Waals surface area contributed by atoms with E-state index in [9.17, 15) is 0 Å². The summed E-state index contributed by atoms with van der Waals surface area (Å²) in [6, 6.07) is 102. The maximum atomic E-state index is 6.89. The van der Waals surface area contributed by atoms with Crippen molar-refractivity contribution < 1.29 is 18.9 Å². The summed E-state index contributed by atoms with van der Waals surface area (Å²) >= 11 is 0. The fourth-order valence-electron chi connectivity index (χ4n) is 16.3. The molecule has 12 heteroatoms. The maximum Gasteiger partial charge on any atom is 0.127 e. The molecule has 16 aromatic rings. The van der Waals surface area contributed by atoms with Crippen LogP contribution in [0.25, 0.3) is 192 Å². The van der Waals surface area contributed by atoms with Gasteiger partial charge in [-0.05, 0) is 214 Å². The van der Waals surface area contributed by atoms with Gasteiger partial charge in [0.25, 0.3) is 0 Å². The predicted octanol–water partition coefficient (Wildman–Crippen LogP) is 25.9. The maximum absolute atomic E-state index is 6.89. The van der Waals surface area contributed by atoms with E-state index in [2.05, 4.69) is 337 Å². The standard InChI is InChI=1S/C104H78N8O4/c1-65-23-27-71(28-24-65)99-83-45-37-75(105-83)63-77-39-47-85(107-77)101(93-55-51-89(111-93)97(69-17-5-3-6-18-69)87-49-53-91(99)109-87)73-31-41-79(42-32-73)113-59-13-61-115-95-57-35-67-15-9-11-21-81(67)103(95)104-82-22-12-10-16-68(82)36-58-96(104)116-62-14-60-114-80-43-33-74(34-44-80)102-86-48-40-78(108-86)64-76-38-46-84(106-76)100(72-29-25-66(2)26-30-72)92-54-50-88(110-92)98(70-19-7-4-8-20-70)90-52-56-94(102)112-90/h3-12,15-58,63-64,107-110H,13-14,59-62H2,1-2H3. The molecule has 0 fully saturated rings. The summed E-state index contributed by atoms with van der Waals surface area (Å²) in [5.74, 6) is 3.05. The summed E-state index contributed by atoms with van der Waals surface area (Å²) in [5, 5.41) is 4.35. The minimum absolute atomic E-state index is 0.418. The van der Waals surface area contributed by atoms with Crippen LogP contribution in [0.15, 0.2) is 291 Å². The summed E-state index contributed by atoms with van der Waals surface area (Å²) in [4.78, 5) is 36.5. The molecule has 20 rings (SSSR count). The van der Waals surface area contributed by atoms with Gasteiger partial charge in [0.2, 0.25) is 0 Å². The van der Waals surface area contributed by atoms with Crippen LogP contribution in [0, 0.1) is 13.8 Å². The number of benzene rings is 10. The number of fused-ring (bicyclic) bond motifs is 18. The SMILES string of the molecule is Cc1ccc(-c2c3nc(cc4ccc([nH]4)c(-c4ccc(OCCCOc5ccc6ccccc6c5-c5c(OCCCOc6ccc(-c7c8nc(c(-c9ccccc9)c9ccc([nH]9)c(-c9ccc(C)cc9)c9nc(cc%10ccc7[nH]%10)C=C9)C=C8)cc6)ccc6ccccc56)cc4)c4nc(c(-c5ccccc5)c5ccc2[nH]5)C=C4)C=C3)cc1. The second kappa shape index (κ2) is 30.7. The fraction of sp³-hybridized carbons (Fsp3) is 0.0769. The van der Waals surface area contributed by atoms with E-state index in [1.165, 1.54) is 11.1 Å². The van der Waals surface area contributed by atoms with Crippen LogP contribution in [0.1, 0.15) is 69.5 Å². The molecule has 4 N–H and O–H groups in total. The minimum Gasteiger partial charge on any atom is -0.493 e. The van der Waals surface area contributed by atoms with Gasteiger partial charge < -0.3 is 38.9 Å².